The first-order valence-electron chi connectivity index (χ1n) is 11.8. The molecule has 0 heterocycles. The molecule has 0 saturated heterocycles. The average molecular weight is 469 g/mol. The van der Waals surface area contributed by atoms with Gasteiger partial charge in [-0.05, 0) is 59.7 Å². The van der Waals surface area contributed by atoms with Crippen molar-refractivity contribution in [3.63, 3.8) is 0 Å². The quantitative estimate of drug-likeness (QED) is 0.351. The molecule has 3 aromatic rings. The second-order valence-electron chi connectivity index (χ2n) is 10.0. The van der Waals surface area contributed by atoms with E-state index in [0.717, 1.165) is 22.3 Å². The number of carboxylic acids is 1. The third kappa shape index (κ3) is 6.86. The number of rotatable bonds is 8. The Morgan fingerprint density at radius 2 is 1.20 bits per heavy atom. The minimum atomic E-state index is -1.04. The zero-order chi connectivity index (χ0) is 25.8. The fourth-order valence-corrected chi connectivity index (χ4v) is 3.88. The van der Waals surface area contributed by atoms with Crippen LogP contribution in [0.3, 0.4) is 0 Å². The molecule has 180 valence electrons. The maximum absolute atomic E-state index is 13.0. The minimum Gasteiger partial charge on any atom is -0.478 e. The number of Topliss-reactive ketones (excluding diaryl/α,β-unsaturated/α-hetero) is 2. The Labute approximate surface area is 207 Å². The molecule has 0 saturated carbocycles. The number of carbonyl (C=O) groups excluding carboxylic acids is 2. The van der Waals surface area contributed by atoms with Gasteiger partial charge in [0, 0.05) is 24.0 Å². The summed E-state index contributed by atoms with van der Waals surface area (Å²) in [7, 11) is 0. The van der Waals surface area contributed by atoms with Crippen LogP contribution in [0, 0.1) is 19.3 Å². The highest BCUT2D eigenvalue weighted by Gasteiger charge is 2.17. The summed E-state index contributed by atoms with van der Waals surface area (Å²) < 4.78 is 0. The molecule has 0 aliphatic rings. The van der Waals surface area contributed by atoms with Crippen molar-refractivity contribution in [3.8, 4) is 0 Å². The Morgan fingerprint density at radius 3 is 1.74 bits per heavy atom. The molecule has 35 heavy (non-hydrogen) atoms. The van der Waals surface area contributed by atoms with Gasteiger partial charge in [0.05, 0.1) is 5.56 Å². The van der Waals surface area contributed by atoms with Crippen LogP contribution in [0.4, 0.5) is 0 Å². The highest BCUT2D eigenvalue weighted by molar-refractivity contribution is 6.03. The molecular weight excluding hydrogens is 436 g/mol. The van der Waals surface area contributed by atoms with E-state index in [4.69, 9.17) is 5.11 Å². The number of aromatic carboxylic acids is 1. The van der Waals surface area contributed by atoms with Crippen LogP contribution in [-0.2, 0) is 0 Å². The first-order chi connectivity index (χ1) is 16.4. The van der Waals surface area contributed by atoms with Crippen LogP contribution in [0.2, 0.25) is 0 Å². The molecule has 0 fully saturated rings. The number of hydrogen-bond acceptors (Lipinski definition) is 3. The average Bonchev–Trinajstić information content (AvgIpc) is 2.81. The first-order valence-corrected chi connectivity index (χ1v) is 11.8. The summed E-state index contributed by atoms with van der Waals surface area (Å²) >= 11 is 0. The van der Waals surface area contributed by atoms with Gasteiger partial charge < -0.3 is 5.11 Å². The van der Waals surface area contributed by atoms with Gasteiger partial charge in [-0.2, -0.15) is 0 Å². The topological polar surface area (TPSA) is 71.4 Å². The SMILES string of the molecule is Cc1ccc(/C(=C/C(C)(C)C)c2cc(C(=O)CCC(=O)c3ccc(C(=O)O)cc3)ccc2C)cc1. The van der Waals surface area contributed by atoms with Crippen LogP contribution in [-0.4, -0.2) is 22.6 Å². The molecule has 0 radical (unpaired) electrons. The largest absolute Gasteiger partial charge is 0.478 e. The third-order valence-corrected chi connectivity index (χ3v) is 5.82. The van der Waals surface area contributed by atoms with E-state index in [9.17, 15) is 14.4 Å². The summed E-state index contributed by atoms with van der Waals surface area (Å²) in [5.41, 5.74) is 6.49. The van der Waals surface area contributed by atoms with Gasteiger partial charge in [0.15, 0.2) is 11.6 Å². The Kier molecular flexibility index (Phi) is 7.85. The van der Waals surface area contributed by atoms with Gasteiger partial charge >= 0.3 is 5.97 Å². The molecule has 0 aromatic heterocycles. The molecular formula is C31H32O4. The zero-order valence-electron chi connectivity index (χ0n) is 21.0. The summed E-state index contributed by atoms with van der Waals surface area (Å²) in [6.07, 6.45) is 2.39. The molecule has 0 aliphatic heterocycles. The Morgan fingerprint density at radius 1 is 0.714 bits per heavy atom. The minimum absolute atomic E-state index is 0.0602. The van der Waals surface area contributed by atoms with Crippen molar-refractivity contribution in [2.24, 2.45) is 5.41 Å². The van der Waals surface area contributed by atoms with E-state index in [1.807, 2.05) is 25.1 Å². The number of aryl methyl sites for hydroxylation is 2. The summed E-state index contributed by atoms with van der Waals surface area (Å²) in [6.45, 7) is 10.6. The molecule has 4 nitrogen and oxygen atoms in total. The number of benzene rings is 3. The van der Waals surface area contributed by atoms with Crippen LogP contribution in [0.1, 0.15) is 86.9 Å². The van der Waals surface area contributed by atoms with Gasteiger partial charge in [-0.25, -0.2) is 4.79 Å². The fraction of sp³-hybridized carbons (Fsp3) is 0.258. The predicted octanol–water partition coefficient (Wildman–Crippen LogP) is 7.33. The molecule has 0 aliphatic carbocycles. The van der Waals surface area contributed by atoms with Crippen LogP contribution >= 0.6 is 0 Å². The lowest BCUT2D eigenvalue weighted by molar-refractivity contribution is 0.0696. The number of hydrogen-bond donors (Lipinski definition) is 1. The number of carbonyl (C=O) groups is 3. The lowest BCUT2D eigenvalue weighted by atomic mass is 9.85. The van der Waals surface area contributed by atoms with Crippen LogP contribution in [0.25, 0.3) is 5.57 Å². The number of ketones is 2. The van der Waals surface area contributed by atoms with E-state index in [2.05, 4.69) is 58.0 Å². The Balaban J connectivity index is 1.84. The molecule has 0 unspecified atom stereocenters. The Bertz CT molecular complexity index is 1270. The van der Waals surface area contributed by atoms with Crippen LogP contribution < -0.4 is 0 Å². The zero-order valence-corrected chi connectivity index (χ0v) is 21.0. The first kappa shape index (κ1) is 25.8. The third-order valence-electron chi connectivity index (χ3n) is 5.82. The van der Waals surface area contributed by atoms with Crippen LogP contribution in [0.5, 0.6) is 0 Å². The van der Waals surface area contributed by atoms with Crippen molar-refractivity contribution in [1.82, 2.24) is 0 Å². The summed E-state index contributed by atoms with van der Waals surface area (Å²) in [4.78, 5) is 36.6. The van der Waals surface area contributed by atoms with Crippen LogP contribution in [0.15, 0.2) is 72.8 Å². The van der Waals surface area contributed by atoms with Crippen molar-refractivity contribution < 1.29 is 19.5 Å². The van der Waals surface area contributed by atoms with E-state index < -0.39 is 5.97 Å². The van der Waals surface area contributed by atoms with E-state index in [-0.39, 0.29) is 35.4 Å². The summed E-state index contributed by atoms with van der Waals surface area (Å²) in [5.74, 6) is -1.32. The summed E-state index contributed by atoms with van der Waals surface area (Å²) in [5, 5.41) is 9.01. The maximum atomic E-state index is 13.0. The van der Waals surface area contributed by atoms with Gasteiger partial charge in [-0.1, -0.05) is 80.9 Å². The van der Waals surface area contributed by atoms with Crippen molar-refractivity contribution in [1.29, 1.82) is 0 Å². The van der Waals surface area contributed by atoms with Gasteiger partial charge in [-0.15, -0.1) is 0 Å². The molecule has 3 rings (SSSR count). The van der Waals surface area contributed by atoms with Gasteiger partial charge in [0.2, 0.25) is 0 Å². The normalized spacial score (nSPS) is 11.9. The monoisotopic (exact) mass is 468 g/mol. The summed E-state index contributed by atoms with van der Waals surface area (Å²) in [6, 6.07) is 19.9. The van der Waals surface area contributed by atoms with Gasteiger partial charge in [0.1, 0.15) is 0 Å². The Hall–Kier alpha value is -3.79. The number of allylic oxidation sites excluding steroid dienone is 1. The van der Waals surface area contributed by atoms with Gasteiger partial charge in [-0.3, -0.25) is 9.59 Å². The van der Waals surface area contributed by atoms with E-state index in [1.165, 1.54) is 29.8 Å². The van der Waals surface area contributed by atoms with Crippen molar-refractivity contribution in [3.05, 3.63) is 112 Å². The van der Waals surface area contributed by atoms with Crippen molar-refractivity contribution in [2.75, 3.05) is 0 Å². The lowest BCUT2D eigenvalue weighted by Crippen LogP contribution is -2.07. The number of carboxylic acid groups (broad SMARTS) is 1. The maximum Gasteiger partial charge on any atom is 0.335 e. The molecule has 0 bridgehead atoms. The molecule has 0 atom stereocenters. The van der Waals surface area contributed by atoms with Crippen molar-refractivity contribution in [2.45, 2.75) is 47.5 Å². The van der Waals surface area contributed by atoms with Gasteiger partial charge in [0.25, 0.3) is 0 Å². The predicted molar refractivity (Wildman–Crippen MR) is 140 cm³/mol. The molecule has 1 N–H and O–H groups in total. The molecule has 3 aromatic carbocycles. The molecule has 0 spiro atoms. The molecule has 4 heteroatoms. The van der Waals surface area contributed by atoms with E-state index >= 15 is 0 Å². The van der Waals surface area contributed by atoms with E-state index in [1.54, 1.807) is 0 Å². The van der Waals surface area contributed by atoms with Crippen molar-refractivity contribution >= 4 is 23.1 Å². The van der Waals surface area contributed by atoms with E-state index in [0.29, 0.717) is 11.1 Å². The standard InChI is InChI=1S/C31H32O4/c1-20-6-9-22(10-7-20)27(19-31(3,4)5)26-18-25(11-8-21(26)2)29(33)17-16-28(32)23-12-14-24(15-13-23)30(34)35/h6-15,18-19H,16-17H2,1-5H3,(H,34,35)/b27-19-. The second kappa shape index (κ2) is 10.6. The highest BCUT2D eigenvalue weighted by Crippen LogP contribution is 2.32. The second-order valence-corrected chi connectivity index (χ2v) is 10.0. The fourth-order valence-electron chi connectivity index (χ4n) is 3.88. The highest BCUT2D eigenvalue weighted by atomic mass is 16.4. The molecule has 0 amide bonds. The lowest BCUT2D eigenvalue weighted by Gasteiger charge is -2.19. The smallest absolute Gasteiger partial charge is 0.335 e.